The number of benzene rings is 2. The van der Waals surface area contributed by atoms with E-state index in [4.69, 9.17) is 0 Å². The van der Waals surface area contributed by atoms with Gasteiger partial charge in [0, 0.05) is 23.9 Å². The van der Waals surface area contributed by atoms with E-state index >= 15 is 0 Å². The summed E-state index contributed by atoms with van der Waals surface area (Å²) in [7, 11) is 0. The van der Waals surface area contributed by atoms with E-state index in [-0.39, 0.29) is 17.8 Å². The fraction of sp³-hybridized carbons (Fsp3) is 0.111. The zero-order chi connectivity index (χ0) is 19.2. The first-order valence-corrected chi connectivity index (χ1v) is 7.43. The second-order valence-electron chi connectivity index (χ2n) is 5.22. The Morgan fingerprint density at radius 2 is 1.77 bits per heavy atom. The SMILES string of the molecule is O=C(/C=C/c1ccccc1F)NCc1cccc(NC(=O)C(F)(F)F)c1. The van der Waals surface area contributed by atoms with Crippen LogP contribution in [-0.4, -0.2) is 18.0 Å². The lowest BCUT2D eigenvalue weighted by molar-refractivity contribution is -0.167. The summed E-state index contributed by atoms with van der Waals surface area (Å²) in [5, 5.41) is 4.25. The average Bonchev–Trinajstić information content (AvgIpc) is 2.59. The zero-order valence-electron chi connectivity index (χ0n) is 13.3. The van der Waals surface area contributed by atoms with Crippen LogP contribution in [0.25, 0.3) is 6.08 Å². The van der Waals surface area contributed by atoms with Gasteiger partial charge in [-0.1, -0.05) is 30.3 Å². The molecule has 0 aliphatic rings. The third-order valence-corrected chi connectivity index (χ3v) is 3.23. The molecule has 0 aliphatic carbocycles. The minimum Gasteiger partial charge on any atom is -0.348 e. The minimum absolute atomic E-state index is 0.0240. The molecule has 0 saturated carbocycles. The second kappa shape index (κ2) is 8.28. The van der Waals surface area contributed by atoms with Crippen molar-refractivity contribution < 1.29 is 27.2 Å². The number of alkyl halides is 3. The van der Waals surface area contributed by atoms with Crippen molar-refractivity contribution in [1.82, 2.24) is 5.32 Å². The first kappa shape index (κ1) is 19.2. The van der Waals surface area contributed by atoms with Crippen molar-refractivity contribution in [2.45, 2.75) is 12.7 Å². The molecule has 0 atom stereocenters. The second-order valence-corrected chi connectivity index (χ2v) is 5.22. The van der Waals surface area contributed by atoms with Crippen LogP contribution in [0.5, 0.6) is 0 Å². The van der Waals surface area contributed by atoms with Gasteiger partial charge in [0.25, 0.3) is 0 Å². The van der Waals surface area contributed by atoms with Gasteiger partial charge in [0.1, 0.15) is 5.82 Å². The fourth-order valence-corrected chi connectivity index (χ4v) is 1.98. The Kier molecular flexibility index (Phi) is 6.11. The molecule has 0 heterocycles. The highest BCUT2D eigenvalue weighted by atomic mass is 19.4. The van der Waals surface area contributed by atoms with E-state index in [1.165, 1.54) is 42.5 Å². The number of hydrogen-bond acceptors (Lipinski definition) is 2. The van der Waals surface area contributed by atoms with Crippen LogP contribution in [0.4, 0.5) is 23.2 Å². The van der Waals surface area contributed by atoms with Gasteiger partial charge in [-0.3, -0.25) is 9.59 Å². The van der Waals surface area contributed by atoms with Crippen LogP contribution < -0.4 is 10.6 Å². The predicted molar refractivity (Wildman–Crippen MR) is 88.4 cm³/mol. The summed E-state index contributed by atoms with van der Waals surface area (Å²) < 4.78 is 50.1. The predicted octanol–water partition coefficient (Wildman–Crippen LogP) is 3.66. The van der Waals surface area contributed by atoms with Gasteiger partial charge < -0.3 is 10.6 Å². The molecule has 0 bridgehead atoms. The van der Waals surface area contributed by atoms with E-state index in [0.29, 0.717) is 5.56 Å². The Bertz CT molecular complexity index is 832. The highest BCUT2D eigenvalue weighted by molar-refractivity contribution is 5.95. The average molecular weight is 366 g/mol. The number of anilines is 1. The van der Waals surface area contributed by atoms with E-state index in [1.54, 1.807) is 17.4 Å². The number of halogens is 4. The number of amides is 2. The molecule has 2 aromatic rings. The van der Waals surface area contributed by atoms with Crippen LogP contribution in [0, 0.1) is 5.82 Å². The summed E-state index contributed by atoms with van der Waals surface area (Å²) in [4.78, 5) is 22.7. The lowest BCUT2D eigenvalue weighted by Crippen LogP contribution is -2.30. The monoisotopic (exact) mass is 366 g/mol. The molecule has 2 amide bonds. The Labute approximate surface area is 146 Å². The molecule has 0 spiro atoms. The largest absolute Gasteiger partial charge is 0.471 e. The molecule has 8 heteroatoms. The molecule has 2 aromatic carbocycles. The molecule has 136 valence electrons. The van der Waals surface area contributed by atoms with Gasteiger partial charge in [-0.25, -0.2) is 4.39 Å². The lowest BCUT2D eigenvalue weighted by Gasteiger charge is -2.09. The van der Waals surface area contributed by atoms with Crippen LogP contribution in [0.1, 0.15) is 11.1 Å². The number of rotatable bonds is 5. The van der Waals surface area contributed by atoms with E-state index < -0.39 is 23.8 Å². The molecule has 2 rings (SSSR count). The van der Waals surface area contributed by atoms with Crippen LogP contribution in [-0.2, 0) is 16.1 Å². The molecule has 0 aromatic heterocycles. The smallest absolute Gasteiger partial charge is 0.348 e. The molecule has 26 heavy (non-hydrogen) atoms. The van der Waals surface area contributed by atoms with Crippen molar-refractivity contribution in [2.24, 2.45) is 0 Å². The van der Waals surface area contributed by atoms with Gasteiger partial charge in [-0.2, -0.15) is 13.2 Å². The van der Waals surface area contributed by atoms with Crippen LogP contribution >= 0.6 is 0 Å². The standard InChI is InChI=1S/C18H14F4N2O2/c19-15-7-2-1-5-13(15)8-9-16(25)23-11-12-4-3-6-14(10-12)24-17(26)18(20,21)22/h1-10H,11H2,(H,23,25)(H,24,26)/b9-8+. The highest BCUT2D eigenvalue weighted by Crippen LogP contribution is 2.19. The summed E-state index contributed by atoms with van der Waals surface area (Å²) in [6, 6.07) is 11.5. The molecule has 0 saturated heterocycles. The maximum Gasteiger partial charge on any atom is 0.471 e. The summed E-state index contributed by atoms with van der Waals surface area (Å²) >= 11 is 0. The molecule has 0 fully saturated rings. The van der Waals surface area contributed by atoms with Crippen molar-refractivity contribution in [3.8, 4) is 0 Å². The number of hydrogen-bond donors (Lipinski definition) is 2. The normalized spacial score (nSPS) is 11.4. The molecule has 4 nitrogen and oxygen atoms in total. The Balaban J connectivity index is 1.93. The number of carbonyl (C=O) groups excluding carboxylic acids is 2. The Hall–Kier alpha value is -3.16. The van der Waals surface area contributed by atoms with Gasteiger partial charge in [-0.15, -0.1) is 0 Å². The van der Waals surface area contributed by atoms with Crippen LogP contribution in [0.15, 0.2) is 54.6 Å². The highest BCUT2D eigenvalue weighted by Gasteiger charge is 2.38. The summed E-state index contributed by atoms with van der Waals surface area (Å²) in [6.07, 6.45) is -2.53. The summed E-state index contributed by atoms with van der Waals surface area (Å²) in [6.45, 7) is 0.0240. The van der Waals surface area contributed by atoms with Crippen molar-refractivity contribution in [3.05, 3.63) is 71.6 Å². The first-order valence-electron chi connectivity index (χ1n) is 7.43. The maximum atomic E-state index is 13.4. The van der Waals surface area contributed by atoms with Gasteiger partial charge >= 0.3 is 12.1 Å². The van der Waals surface area contributed by atoms with E-state index in [9.17, 15) is 27.2 Å². The van der Waals surface area contributed by atoms with Crippen LogP contribution in [0.3, 0.4) is 0 Å². The molecular weight excluding hydrogens is 352 g/mol. The topological polar surface area (TPSA) is 58.2 Å². The van der Waals surface area contributed by atoms with Gasteiger partial charge in [0.15, 0.2) is 0 Å². The molecule has 0 aliphatic heterocycles. The molecule has 0 radical (unpaired) electrons. The number of carbonyl (C=O) groups is 2. The Morgan fingerprint density at radius 3 is 2.46 bits per heavy atom. The van der Waals surface area contributed by atoms with Gasteiger partial charge in [-0.05, 0) is 29.8 Å². The number of nitrogens with one attached hydrogen (secondary N) is 2. The quantitative estimate of drug-likeness (QED) is 0.627. The van der Waals surface area contributed by atoms with E-state index in [1.807, 2.05) is 0 Å². The van der Waals surface area contributed by atoms with Gasteiger partial charge in [0.2, 0.25) is 5.91 Å². The third kappa shape index (κ3) is 5.73. The van der Waals surface area contributed by atoms with Crippen LogP contribution in [0.2, 0.25) is 0 Å². The van der Waals surface area contributed by atoms with Crippen molar-refractivity contribution >= 4 is 23.6 Å². The lowest BCUT2D eigenvalue weighted by atomic mass is 10.2. The van der Waals surface area contributed by atoms with Crippen molar-refractivity contribution in [1.29, 1.82) is 0 Å². The summed E-state index contributed by atoms with van der Waals surface area (Å²) in [5.41, 5.74) is 0.693. The maximum absolute atomic E-state index is 13.4. The minimum atomic E-state index is -4.98. The third-order valence-electron chi connectivity index (χ3n) is 3.23. The fourth-order valence-electron chi connectivity index (χ4n) is 1.98. The van der Waals surface area contributed by atoms with Gasteiger partial charge in [0.05, 0.1) is 0 Å². The van der Waals surface area contributed by atoms with E-state index in [2.05, 4.69) is 5.32 Å². The zero-order valence-corrected chi connectivity index (χ0v) is 13.3. The van der Waals surface area contributed by atoms with E-state index in [0.717, 1.165) is 6.08 Å². The van der Waals surface area contributed by atoms with Crippen molar-refractivity contribution in [2.75, 3.05) is 5.32 Å². The summed E-state index contributed by atoms with van der Waals surface area (Å²) in [5.74, 6) is -3.05. The molecule has 0 unspecified atom stereocenters. The molecular formula is C18H14F4N2O2. The molecule has 2 N–H and O–H groups in total. The van der Waals surface area contributed by atoms with Crippen molar-refractivity contribution in [3.63, 3.8) is 0 Å². The first-order chi connectivity index (χ1) is 12.3. The Morgan fingerprint density at radius 1 is 1.04 bits per heavy atom.